The Morgan fingerprint density at radius 3 is 2.16 bits per heavy atom. The molecule has 0 unspecified atom stereocenters. The Labute approximate surface area is 149 Å². The van der Waals surface area contributed by atoms with Crippen molar-refractivity contribution in [2.24, 2.45) is 5.41 Å². The molecule has 2 heterocycles. The van der Waals surface area contributed by atoms with Crippen LogP contribution < -0.4 is 9.80 Å². The van der Waals surface area contributed by atoms with Crippen LogP contribution in [0.2, 0.25) is 0 Å². The van der Waals surface area contributed by atoms with Crippen LogP contribution in [-0.2, 0) is 11.3 Å². The first-order chi connectivity index (χ1) is 12.3. The summed E-state index contributed by atoms with van der Waals surface area (Å²) < 4.78 is 5.39. The Morgan fingerprint density at radius 1 is 0.880 bits per heavy atom. The number of ether oxygens (including phenoxy) is 1. The third-order valence-electron chi connectivity index (χ3n) is 5.31. The fourth-order valence-corrected chi connectivity index (χ4v) is 3.85. The second-order valence-corrected chi connectivity index (χ2v) is 7.32. The van der Waals surface area contributed by atoms with Crippen LogP contribution in [-0.4, -0.2) is 44.6 Å². The van der Waals surface area contributed by atoms with E-state index in [0.29, 0.717) is 13.2 Å². The van der Waals surface area contributed by atoms with Gasteiger partial charge in [0, 0.05) is 26.2 Å². The average Bonchev–Trinajstić information content (AvgIpc) is 2.79. The molecule has 0 aromatic heterocycles. The van der Waals surface area contributed by atoms with Crippen LogP contribution in [0.1, 0.15) is 12.0 Å². The zero-order valence-electron chi connectivity index (χ0n) is 14.6. The van der Waals surface area contributed by atoms with E-state index < -0.39 is 0 Å². The maximum Gasteiger partial charge on any atom is 0.0607 e. The van der Waals surface area contributed by atoms with Crippen LogP contribution in [0.5, 0.6) is 0 Å². The summed E-state index contributed by atoms with van der Waals surface area (Å²) in [5.41, 5.74) is 3.81. The number of anilines is 2. The average molecular weight is 338 g/mol. The summed E-state index contributed by atoms with van der Waals surface area (Å²) in [7, 11) is 0. The molecule has 0 saturated carbocycles. The van der Waals surface area contributed by atoms with Gasteiger partial charge < -0.3 is 19.6 Å². The maximum absolute atomic E-state index is 9.82. The van der Waals surface area contributed by atoms with Crippen molar-refractivity contribution in [2.75, 3.05) is 49.3 Å². The van der Waals surface area contributed by atoms with E-state index in [1.807, 2.05) is 0 Å². The molecule has 2 aromatic carbocycles. The molecule has 0 aliphatic carbocycles. The highest BCUT2D eigenvalue weighted by molar-refractivity contribution is 5.72. The van der Waals surface area contributed by atoms with E-state index in [4.69, 9.17) is 4.74 Å². The Bertz CT molecular complexity index is 695. The van der Waals surface area contributed by atoms with E-state index in [9.17, 15) is 5.11 Å². The monoisotopic (exact) mass is 338 g/mol. The second kappa shape index (κ2) is 7.06. The summed E-state index contributed by atoms with van der Waals surface area (Å²) in [6, 6.07) is 19.3. The number of rotatable bonds is 5. The molecule has 4 nitrogen and oxygen atoms in total. The number of aliphatic hydroxyl groups excluding tert-OH is 1. The molecular weight excluding hydrogens is 312 g/mol. The molecular formula is C21H26N2O2. The predicted molar refractivity (Wildman–Crippen MR) is 101 cm³/mol. The summed E-state index contributed by atoms with van der Waals surface area (Å²) in [6.07, 6.45) is 1.11. The Hall–Kier alpha value is -2.04. The highest BCUT2D eigenvalue weighted by Gasteiger charge is 2.40. The van der Waals surface area contributed by atoms with Gasteiger partial charge in [0.1, 0.15) is 0 Å². The second-order valence-electron chi connectivity index (χ2n) is 7.32. The largest absolute Gasteiger partial charge is 0.396 e. The standard InChI is InChI=1S/C21H26N2O2/c24-15-21(16-25-17-21)14-23-12-6-11-22(13-18-7-2-1-3-8-18)19-9-4-5-10-20(19)23/h1-5,7-10,24H,6,11-17H2. The minimum Gasteiger partial charge on any atom is -0.396 e. The molecule has 2 aromatic rings. The fraction of sp³-hybridized carbons (Fsp3) is 0.429. The molecule has 4 heteroatoms. The fourth-order valence-electron chi connectivity index (χ4n) is 3.85. The molecule has 1 fully saturated rings. The summed E-state index contributed by atoms with van der Waals surface area (Å²) in [6.45, 7) is 5.37. The quantitative estimate of drug-likeness (QED) is 0.909. The van der Waals surface area contributed by atoms with Gasteiger partial charge in [0.2, 0.25) is 0 Å². The van der Waals surface area contributed by atoms with Crippen LogP contribution in [0.25, 0.3) is 0 Å². The third kappa shape index (κ3) is 3.37. The third-order valence-corrected chi connectivity index (χ3v) is 5.31. The van der Waals surface area contributed by atoms with Crippen molar-refractivity contribution in [2.45, 2.75) is 13.0 Å². The molecule has 2 aliphatic heterocycles. The number of hydrogen-bond donors (Lipinski definition) is 1. The van der Waals surface area contributed by atoms with Crippen molar-refractivity contribution in [3.05, 3.63) is 60.2 Å². The van der Waals surface area contributed by atoms with Crippen LogP contribution in [0.4, 0.5) is 11.4 Å². The predicted octanol–water partition coefficient (Wildman–Crippen LogP) is 2.91. The van der Waals surface area contributed by atoms with E-state index in [1.165, 1.54) is 16.9 Å². The van der Waals surface area contributed by atoms with E-state index in [2.05, 4.69) is 64.4 Å². The number of hydrogen-bond acceptors (Lipinski definition) is 4. The van der Waals surface area contributed by atoms with Crippen LogP contribution >= 0.6 is 0 Å². The lowest BCUT2D eigenvalue weighted by atomic mass is 9.86. The Morgan fingerprint density at radius 2 is 1.52 bits per heavy atom. The van der Waals surface area contributed by atoms with Gasteiger partial charge in [0.05, 0.1) is 36.6 Å². The molecule has 4 rings (SSSR count). The van der Waals surface area contributed by atoms with Gasteiger partial charge in [0.15, 0.2) is 0 Å². The minimum absolute atomic E-state index is 0.0955. The van der Waals surface area contributed by atoms with Gasteiger partial charge in [0.25, 0.3) is 0 Å². The topological polar surface area (TPSA) is 35.9 Å². The van der Waals surface area contributed by atoms with Gasteiger partial charge in [-0.05, 0) is 24.1 Å². The van der Waals surface area contributed by atoms with Crippen molar-refractivity contribution in [1.29, 1.82) is 0 Å². The number of aliphatic hydroxyl groups is 1. The van der Waals surface area contributed by atoms with Crippen molar-refractivity contribution in [3.8, 4) is 0 Å². The molecule has 25 heavy (non-hydrogen) atoms. The van der Waals surface area contributed by atoms with Gasteiger partial charge in [-0.15, -0.1) is 0 Å². The summed E-state index contributed by atoms with van der Waals surface area (Å²) >= 11 is 0. The summed E-state index contributed by atoms with van der Waals surface area (Å²) in [5, 5.41) is 9.82. The zero-order valence-corrected chi connectivity index (χ0v) is 14.6. The van der Waals surface area contributed by atoms with Crippen molar-refractivity contribution in [1.82, 2.24) is 0 Å². The van der Waals surface area contributed by atoms with Gasteiger partial charge in [-0.3, -0.25) is 0 Å². The molecule has 132 valence electrons. The molecule has 1 saturated heterocycles. The lowest BCUT2D eigenvalue weighted by molar-refractivity contribution is -0.131. The number of fused-ring (bicyclic) bond motifs is 1. The van der Waals surface area contributed by atoms with E-state index in [-0.39, 0.29) is 12.0 Å². The van der Waals surface area contributed by atoms with Gasteiger partial charge >= 0.3 is 0 Å². The normalized spacial score (nSPS) is 19.1. The smallest absolute Gasteiger partial charge is 0.0607 e. The van der Waals surface area contributed by atoms with Gasteiger partial charge in [-0.2, -0.15) is 0 Å². The van der Waals surface area contributed by atoms with Crippen LogP contribution in [0.3, 0.4) is 0 Å². The van der Waals surface area contributed by atoms with E-state index >= 15 is 0 Å². The molecule has 1 N–H and O–H groups in total. The zero-order chi connectivity index (χ0) is 17.1. The van der Waals surface area contributed by atoms with Gasteiger partial charge in [-0.1, -0.05) is 42.5 Å². The SMILES string of the molecule is OCC1(CN2CCCN(Cc3ccccc3)c3ccccc32)COC1. The molecule has 2 aliphatic rings. The number of benzene rings is 2. The lowest BCUT2D eigenvalue weighted by Gasteiger charge is -2.44. The summed E-state index contributed by atoms with van der Waals surface area (Å²) in [4.78, 5) is 4.92. The Kier molecular flexibility index (Phi) is 4.64. The molecule has 0 radical (unpaired) electrons. The van der Waals surface area contributed by atoms with Gasteiger partial charge in [-0.25, -0.2) is 0 Å². The summed E-state index contributed by atoms with van der Waals surface area (Å²) in [5.74, 6) is 0. The molecule has 0 amide bonds. The number of nitrogens with zero attached hydrogens (tertiary/aromatic N) is 2. The van der Waals surface area contributed by atoms with E-state index in [1.54, 1.807) is 0 Å². The van der Waals surface area contributed by atoms with Crippen LogP contribution in [0, 0.1) is 5.41 Å². The Balaban J connectivity index is 1.60. The molecule has 0 bridgehead atoms. The molecule has 0 spiro atoms. The lowest BCUT2D eigenvalue weighted by Crippen LogP contribution is -2.53. The highest BCUT2D eigenvalue weighted by Crippen LogP contribution is 2.37. The first-order valence-electron chi connectivity index (χ1n) is 9.11. The van der Waals surface area contributed by atoms with Crippen molar-refractivity contribution in [3.63, 3.8) is 0 Å². The maximum atomic E-state index is 9.82. The number of para-hydroxylation sites is 2. The van der Waals surface area contributed by atoms with Crippen molar-refractivity contribution >= 4 is 11.4 Å². The first kappa shape index (κ1) is 16.4. The first-order valence-corrected chi connectivity index (χ1v) is 9.11. The minimum atomic E-state index is -0.0955. The van der Waals surface area contributed by atoms with Crippen molar-refractivity contribution < 1.29 is 9.84 Å². The van der Waals surface area contributed by atoms with E-state index in [0.717, 1.165) is 32.6 Å². The van der Waals surface area contributed by atoms with Crippen LogP contribution in [0.15, 0.2) is 54.6 Å². The highest BCUT2D eigenvalue weighted by atomic mass is 16.5. The molecule has 0 atom stereocenters.